The molecule has 0 fully saturated rings. The molecule has 0 saturated carbocycles. The molecule has 346 valence electrons. The molecule has 0 amide bonds. The zero-order chi connectivity index (χ0) is 48.8. The molecule has 3 aliphatic carbocycles. The number of hydrogen-bond acceptors (Lipinski definition) is 2. The average molecular weight is 941 g/mol. The summed E-state index contributed by atoms with van der Waals surface area (Å²) in [6.45, 7) is 0. The second-order valence-electron chi connectivity index (χ2n) is 19.8. The number of anilines is 6. The Morgan fingerprint density at radius 3 is 1.28 bits per heavy atom. The SMILES string of the molecule is c1ccc(N(c2ccccc2)c2cccc3c2-c2ccccc2C32c3ccccc3-c3c2cc2ccccc2c3N(c2ccccc2)c2ccc3c(c2)C(c2ccccc2)(c2ccccc2)c2ccccc2-3)cc1. The molecule has 0 N–H and O–H groups in total. The average Bonchev–Trinajstić information content (AvgIpc) is 4.07. The number of fused-ring (bicyclic) bond motifs is 14. The molecule has 2 heteroatoms. The second kappa shape index (κ2) is 16.5. The highest BCUT2D eigenvalue weighted by atomic mass is 15.2. The third kappa shape index (κ3) is 5.82. The van der Waals surface area contributed by atoms with Gasteiger partial charge in [0.05, 0.1) is 22.2 Å². The normalized spacial score (nSPS) is 14.9. The van der Waals surface area contributed by atoms with Gasteiger partial charge in [0.15, 0.2) is 0 Å². The first-order valence-electron chi connectivity index (χ1n) is 25.8. The highest BCUT2D eigenvalue weighted by Gasteiger charge is 2.54. The number of nitrogens with zero attached hydrogens (tertiary/aromatic N) is 2. The fraction of sp³-hybridized carbons (Fsp3) is 0.0278. The van der Waals surface area contributed by atoms with Crippen LogP contribution in [-0.2, 0) is 10.8 Å². The van der Waals surface area contributed by atoms with Crippen LogP contribution >= 0.6 is 0 Å². The summed E-state index contributed by atoms with van der Waals surface area (Å²) in [5, 5.41) is 2.39. The van der Waals surface area contributed by atoms with Crippen LogP contribution in [0.3, 0.4) is 0 Å². The largest absolute Gasteiger partial charge is 0.310 e. The van der Waals surface area contributed by atoms with Gasteiger partial charge < -0.3 is 9.80 Å². The molecule has 0 bridgehead atoms. The molecular formula is C72H48N2. The zero-order valence-electron chi connectivity index (χ0n) is 40.6. The lowest BCUT2D eigenvalue weighted by Gasteiger charge is -2.35. The van der Waals surface area contributed by atoms with Gasteiger partial charge >= 0.3 is 0 Å². The second-order valence-corrected chi connectivity index (χ2v) is 19.8. The Labute approximate surface area is 432 Å². The molecule has 74 heavy (non-hydrogen) atoms. The van der Waals surface area contributed by atoms with Gasteiger partial charge in [-0.1, -0.05) is 231 Å². The molecule has 0 heterocycles. The minimum absolute atomic E-state index is 0.563. The number of hydrogen-bond donors (Lipinski definition) is 0. The molecule has 1 spiro atoms. The van der Waals surface area contributed by atoms with Crippen LogP contribution in [0.25, 0.3) is 44.2 Å². The van der Waals surface area contributed by atoms with Crippen molar-refractivity contribution in [2.24, 2.45) is 0 Å². The summed E-state index contributed by atoms with van der Waals surface area (Å²) in [6, 6.07) is 108. The molecule has 0 aromatic heterocycles. The Morgan fingerprint density at radius 2 is 0.689 bits per heavy atom. The smallest absolute Gasteiger partial charge is 0.0727 e. The molecule has 0 saturated heterocycles. The Bertz CT molecular complexity index is 4050. The lowest BCUT2D eigenvalue weighted by atomic mass is 9.67. The standard InChI is InChI=1S/C72H48N2/c1-6-26-50(27-7-1)71(51-28-8-2-9-29-51)61-40-21-18-37-57(61)58-46-45-55(48-65(58)71)74(54-34-14-5-15-35-54)70-56-36-17-16-25-49(56)47-66-69(70)60-39-20-23-42-63(60)72(66)62-41-22-19-38-59(62)68-64(72)43-24-44-67(68)73(52-30-10-3-11-31-52)53-32-12-4-13-33-53/h1-48H. The zero-order valence-corrected chi connectivity index (χ0v) is 40.6. The summed E-state index contributed by atoms with van der Waals surface area (Å²) in [6.07, 6.45) is 0. The molecule has 12 aromatic rings. The van der Waals surface area contributed by atoms with Crippen LogP contribution in [0.15, 0.2) is 291 Å². The van der Waals surface area contributed by atoms with E-state index in [1.807, 2.05) is 0 Å². The van der Waals surface area contributed by atoms with E-state index in [9.17, 15) is 0 Å². The third-order valence-corrected chi connectivity index (χ3v) is 16.3. The molecule has 1 atom stereocenters. The minimum atomic E-state index is -0.636. The van der Waals surface area contributed by atoms with Crippen LogP contribution in [0, 0.1) is 0 Å². The monoisotopic (exact) mass is 940 g/mol. The Kier molecular flexibility index (Phi) is 9.43. The fourth-order valence-electron chi connectivity index (χ4n) is 13.5. The molecule has 1 unspecified atom stereocenters. The Balaban J connectivity index is 1.04. The van der Waals surface area contributed by atoms with Crippen molar-refractivity contribution in [2.45, 2.75) is 10.8 Å². The van der Waals surface area contributed by atoms with Crippen molar-refractivity contribution in [3.8, 4) is 33.4 Å². The van der Waals surface area contributed by atoms with Crippen LogP contribution in [0.1, 0.15) is 44.5 Å². The number of para-hydroxylation sites is 3. The molecule has 12 aromatic carbocycles. The van der Waals surface area contributed by atoms with Crippen LogP contribution in [0.4, 0.5) is 34.1 Å². The predicted octanol–water partition coefficient (Wildman–Crippen LogP) is 18.5. The van der Waals surface area contributed by atoms with E-state index >= 15 is 0 Å². The third-order valence-electron chi connectivity index (χ3n) is 16.3. The van der Waals surface area contributed by atoms with E-state index in [4.69, 9.17) is 0 Å². The van der Waals surface area contributed by atoms with Gasteiger partial charge in [-0.15, -0.1) is 0 Å². The van der Waals surface area contributed by atoms with Crippen molar-refractivity contribution in [3.63, 3.8) is 0 Å². The van der Waals surface area contributed by atoms with Gasteiger partial charge in [0.2, 0.25) is 0 Å². The molecule has 15 rings (SSSR count). The van der Waals surface area contributed by atoms with Crippen molar-refractivity contribution in [1.82, 2.24) is 0 Å². The topological polar surface area (TPSA) is 6.48 Å². The maximum Gasteiger partial charge on any atom is 0.0727 e. The van der Waals surface area contributed by atoms with Crippen molar-refractivity contribution < 1.29 is 0 Å². The summed E-state index contributed by atoms with van der Waals surface area (Å²) in [5.41, 5.74) is 23.3. The van der Waals surface area contributed by atoms with Gasteiger partial charge in [0.1, 0.15) is 0 Å². The van der Waals surface area contributed by atoms with E-state index in [-0.39, 0.29) is 0 Å². The molecule has 3 aliphatic rings. The van der Waals surface area contributed by atoms with Gasteiger partial charge in [-0.2, -0.15) is 0 Å². The lowest BCUT2D eigenvalue weighted by molar-refractivity contribution is 0.768. The molecule has 0 radical (unpaired) electrons. The number of benzene rings is 12. The lowest BCUT2D eigenvalue weighted by Crippen LogP contribution is -2.28. The fourth-order valence-corrected chi connectivity index (χ4v) is 13.5. The maximum absolute atomic E-state index is 2.58. The van der Waals surface area contributed by atoms with Crippen molar-refractivity contribution in [2.75, 3.05) is 9.80 Å². The summed E-state index contributed by atoms with van der Waals surface area (Å²) in [4.78, 5) is 5.02. The van der Waals surface area contributed by atoms with Crippen LogP contribution in [-0.4, -0.2) is 0 Å². The highest BCUT2D eigenvalue weighted by molar-refractivity contribution is 6.13. The highest BCUT2D eigenvalue weighted by Crippen LogP contribution is 2.67. The summed E-state index contributed by atoms with van der Waals surface area (Å²) in [7, 11) is 0. The van der Waals surface area contributed by atoms with Crippen molar-refractivity contribution in [1.29, 1.82) is 0 Å². The summed E-state index contributed by atoms with van der Waals surface area (Å²) < 4.78 is 0. The van der Waals surface area contributed by atoms with Crippen LogP contribution < -0.4 is 9.80 Å². The van der Waals surface area contributed by atoms with Crippen LogP contribution in [0.2, 0.25) is 0 Å². The van der Waals surface area contributed by atoms with E-state index in [2.05, 4.69) is 301 Å². The van der Waals surface area contributed by atoms with Gasteiger partial charge in [-0.05, 0) is 133 Å². The quantitative estimate of drug-likeness (QED) is 0.150. The first-order valence-corrected chi connectivity index (χ1v) is 25.8. The maximum atomic E-state index is 2.58. The molecule has 0 aliphatic heterocycles. The van der Waals surface area contributed by atoms with Gasteiger partial charge in [0.25, 0.3) is 0 Å². The Hall–Kier alpha value is -9.50. The Morgan fingerprint density at radius 1 is 0.243 bits per heavy atom. The first kappa shape index (κ1) is 42.2. The van der Waals surface area contributed by atoms with Crippen molar-refractivity contribution in [3.05, 3.63) is 336 Å². The first-order chi connectivity index (χ1) is 36.8. The minimum Gasteiger partial charge on any atom is -0.310 e. The van der Waals surface area contributed by atoms with Gasteiger partial charge in [-0.3, -0.25) is 0 Å². The molecular weight excluding hydrogens is 893 g/mol. The van der Waals surface area contributed by atoms with E-state index in [1.54, 1.807) is 0 Å². The number of rotatable bonds is 8. The van der Waals surface area contributed by atoms with E-state index in [0.29, 0.717) is 0 Å². The van der Waals surface area contributed by atoms with Gasteiger partial charge in [0, 0.05) is 39.3 Å². The van der Waals surface area contributed by atoms with E-state index in [1.165, 1.54) is 94.3 Å². The molecule has 2 nitrogen and oxygen atoms in total. The van der Waals surface area contributed by atoms with Gasteiger partial charge in [-0.25, -0.2) is 0 Å². The van der Waals surface area contributed by atoms with Crippen molar-refractivity contribution >= 4 is 44.9 Å². The van der Waals surface area contributed by atoms with E-state index in [0.717, 1.165) is 28.4 Å². The van der Waals surface area contributed by atoms with Crippen LogP contribution in [0.5, 0.6) is 0 Å². The summed E-state index contributed by atoms with van der Waals surface area (Å²) >= 11 is 0. The predicted molar refractivity (Wildman–Crippen MR) is 307 cm³/mol. The summed E-state index contributed by atoms with van der Waals surface area (Å²) in [5.74, 6) is 0. The van der Waals surface area contributed by atoms with E-state index < -0.39 is 10.8 Å².